The molecule has 0 fully saturated rings. The van der Waals surface area contributed by atoms with Gasteiger partial charge >= 0.3 is 0 Å². The number of nitriles is 1. The molecule has 3 nitrogen and oxygen atoms in total. The SMILES string of the molecule is CCOc1nc2c(C)cc(Cl)cc2cc1C#N. The van der Waals surface area contributed by atoms with Crippen molar-refractivity contribution in [3.05, 3.63) is 34.3 Å². The molecule has 17 heavy (non-hydrogen) atoms. The van der Waals surface area contributed by atoms with E-state index in [9.17, 15) is 0 Å². The molecule has 0 saturated heterocycles. The molecule has 1 aromatic carbocycles. The van der Waals surface area contributed by atoms with Crippen LogP contribution in [0.4, 0.5) is 0 Å². The minimum Gasteiger partial charge on any atom is -0.477 e. The Hall–Kier alpha value is -1.79. The maximum atomic E-state index is 9.04. The molecule has 0 unspecified atom stereocenters. The Morgan fingerprint density at radius 2 is 2.18 bits per heavy atom. The number of nitrogens with zero attached hydrogens (tertiary/aromatic N) is 2. The molecule has 0 saturated carbocycles. The van der Waals surface area contributed by atoms with E-state index in [2.05, 4.69) is 11.1 Å². The fraction of sp³-hybridized carbons (Fsp3) is 0.231. The number of halogens is 1. The fourth-order valence-corrected chi connectivity index (χ4v) is 2.01. The van der Waals surface area contributed by atoms with Gasteiger partial charge in [0.25, 0.3) is 0 Å². The maximum absolute atomic E-state index is 9.04. The molecule has 0 bridgehead atoms. The number of aromatic nitrogens is 1. The summed E-state index contributed by atoms with van der Waals surface area (Å²) in [7, 11) is 0. The first kappa shape index (κ1) is 11.7. The third-order valence-electron chi connectivity index (χ3n) is 2.44. The zero-order valence-electron chi connectivity index (χ0n) is 9.62. The van der Waals surface area contributed by atoms with Crippen molar-refractivity contribution in [2.75, 3.05) is 6.61 Å². The van der Waals surface area contributed by atoms with Gasteiger partial charge in [-0.25, -0.2) is 4.98 Å². The molecule has 2 rings (SSSR count). The summed E-state index contributed by atoms with van der Waals surface area (Å²) in [5.74, 6) is 0.382. The van der Waals surface area contributed by atoms with Crippen molar-refractivity contribution in [1.29, 1.82) is 5.26 Å². The summed E-state index contributed by atoms with van der Waals surface area (Å²) in [6, 6.07) is 7.48. The van der Waals surface area contributed by atoms with Crippen LogP contribution in [0.15, 0.2) is 18.2 Å². The van der Waals surface area contributed by atoms with Gasteiger partial charge in [-0.15, -0.1) is 0 Å². The summed E-state index contributed by atoms with van der Waals surface area (Å²) in [5, 5.41) is 10.5. The van der Waals surface area contributed by atoms with Gasteiger partial charge in [-0.1, -0.05) is 11.6 Å². The average Bonchev–Trinajstić information content (AvgIpc) is 2.29. The van der Waals surface area contributed by atoms with Gasteiger partial charge in [0, 0.05) is 10.4 Å². The summed E-state index contributed by atoms with van der Waals surface area (Å²) in [6.45, 7) is 4.28. The molecule has 2 aromatic rings. The van der Waals surface area contributed by atoms with Crippen LogP contribution in [-0.4, -0.2) is 11.6 Å². The van der Waals surface area contributed by atoms with Crippen molar-refractivity contribution in [2.24, 2.45) is 0 Å². The molecule has 4 heteroatoms. The first-order valence-electron chi connectivity index (χ1n) is 5.29. The van der Waals surface area contributed by atoms with Crippen LogP contribution in [0.5, 0.6) is 5.88 Å². The Bertz CT molecular complexity index is 617. The Morgan fingerprint density at radius 1 is 1.41 bits per heavy atom. The monoisotopic (exact) mass is 246 g/mol. The van der Waals surface area contributed by atoms with E-state index in [1.165, 1.54) is 0 Å². The van der Waals surface area contributed by atoms with Crippen LogP contribution in [-0.2, 0) is 0 Å². The Morgan fingerprint density at radius 3 is 2.82 bits per heavy atom. The van der Waals surface area contributed by atoms with Gasteiger partial charge in [0.05, 0.1) is 12.1 Å². The summed E-state index contributed by atoms with van der Waals surface area (Å²) >= 11 is 5.98. The number of pyridine rings is 1. The molecule has 0 aliphatic heterocycles. The van der Waals surface area contributed by atoms with Crippen LogP contribution in [0, 0.1) is 18.3 Å². The molecule has 0 aliphatic carbocycles. The first-order valence-corrected chi connectivity index (χ1v) is 5.67. The van der Waals surface area contributed by atoms with Crippen molar-refractivity contribution in [2.45, 2.75) is 13.8 Å². The third-order valence-corrected chi connectivity index (χ3v) is 2.66. The van der Waals surface area contributed by atoms with E-state index in [0.29, 0.717) is 23.1 Å². The molecular weight excluding hydrogens is 236 g/mol. The molecule has 0 aliphatic rings. The second kappa shape index (κ2) is 4.60. The van der Waals surface area contributed by atoms with Gasteiger partial charge in [0.15, 0.2) is 0 Å². The van der Waals surface area contributed by atoms with Gasteiger partial charge in [-0.2, -0.15) is 5.26 Å². The van der Waals surface area contributed by atoms with E-state index in [1.807, 2.05) is 19.9 Å². The highest BCUT2D eigenvalue weighted by Gasteiger charge is 2.09. The Kier molecular flexibility index (Phi) is 3.16. The van der Waals surface area contributed by atoms with Gasteiger partial charge in [-0.05, 0) is 37.6 Å². The molecular formula is C13H11ClN2O. The predicted octanol–water partition coefficient (Wildman–Crippen LogP) is 3.47. The van der Waals surface area contributed by atoms with Crippen LogP contribution in [0.2, 0.25) is 5.02 Å². The fourth-order valence-electron chi connectivity index (χ4n) is 1.73. The molecule has 0 amide bonds. The highest BCUT2D eigenvalue weighted by atomic mass is 35.5. The standard InChI is InChI=1S/C13H11ClN2O/c1-3-17-13-10(7-15)5-9-6-11(14)4-8(2)12(9)16-13/h4-6H,3H2,1-2H3. The molecule has 0 N–H and O–H groups in total. The lowest BCUT2D eigenvalue weighted by atomic mass is 10.1. The molecule has 0 atom stereocenters. The van der Waals surface area contributed by atoms with E-state index < -0.39 is 0 Å². The minimum atomic E-state index is 0.382. The van der Waals surface area contributed by atoms with Gasteiger partial charge < -0.3 is 4.74 Å². The van der Waals surface area contributed by atoms with Crippen molar-refractivity contribution >= 4 is 22.5 Å². The maximum Gasteiger partial charge on any atom is 0.232 e. The molecule has 86 valence electrons. The minimum absolute atomic E-state index is 0.382. The van der Waals surface area contributed by atoms with Crippen molar-refractivity contribution in [1.82, 2.24) is 4.98 Å². The lowest BCUT2D eigenvalue weighted by molar-refractivity contribution is 0.327. The quantitative estimate of drug-likeness (QED) is 0.815. The summed E-state index contributed by atoms with van der Waals surface area (Å²) in [5.41, 5.74) is 2.22. The van der Waals surface area contributed by atoms with E-state index in [-0.39, 0.29) is 0 Å². The van der Waals surface area contributed by atoms with Crippen LogP contribution in [0.3, 0.4) is 0 Å². The molecule has 0 spiro atoms. The van der Waals surface area contributed by atoms with Crippen molar-refractivity contribution in [3.63, 3.8) is 0 Å². The topological polar surface area (TPSA) is 45.9 Å². The second-order valence-electron chi connectivity index (χ2n) is 3.68. The van der Waals surface area contributed by atoms with Crippen LogP contribution in [0.25, 0.3) is 10.9 Å². The van der Waals surface area contributed by atoms with Crippen LogP contribution < -0.4 is 4.74 Å². The number of hydrogen-bond acceptors (Lipinski definition) is 3. The molecule has 0 radical (unpaired) electrons. The average molecular weight is 247 g/mol. The zero-order chi connectivity index (χ0) is 12.4. The van der Waals surface area contributed by atoms with Crippen molar-refractivity contribution in [3.8, 4) is 11.9 Å². The summed E-state index contributed by atoms with van der Waals surface area (Å²) in [4.78, 5) is 4.37. The highest BCUT2D eigenvalue weighted by Crippen LogP contribution is 2.27. The first-order chi connectivity index (χ1) is 8.15. The van der Waals surface area contributed by atoms with Crippen LogP contribution >= 0.6 is 11.6 Å². The summed E-state index contributed by atoms with van der Waals surface area (Å²) < 4.78 is 5.35. The van der Waals surface area contributed by atoms with E-state index in [0.717, 1.165) is 16.5 Å². The van der Waals surface area contributed by atoms with E-state index in [4.69, 9.17) is 21.6 Å². The molecule has 1 heterocycles. The number of aryl methyl sites for hydroxylation is 1. The van der Waals surface area contributed by atoms with Crippen LogP contribution in [0.1, 0.15) is 18.1 Å². The van der Waals surface area contributed by atoms with Gasteiger partial charge in [0.1, 0.15) is 11.6 Å². The Balaban J connectivity index is 2.75. The largest absolute Gasteiger partial charge is 0.477 e. The lowest BCUT2D eigenvalue weighted by Crippen LogP contribution is -1.98. The zero-order valence-corrected chi connectivity index (χ0v) is 10.4. The number of fused-ring (bicyclic) bond motifs is 1. The summed E-state index contributed by atoms with van der Waals surface area (Å²) in [6.07, 6.45) is 0. The smallest absolute Gasteiger partial charge is 0.232 e. The van der Waals surface area contributed by atoms with Crippen molar-refractivity contribution < 1.29 is 4.74 Å². The number of benzene rings is 1. The van der Waals surface area contributed by atoms with Gasteiger partial charge in [0.2, 0.25) is 5.88 Å². The number of rotatable bonds is 2. The van der Waals surface area contributed by atoms with E-state index in [1.54, 1.807) is 12.1 Å². The number of hydrogen-bond donors (Lipinski definition) is 0. The Labute approximate surface area is 105 Å². The van der Waals surface area contributed by atoms with E-state index >= 15 is 0 Å². The third kappa shape index (κ3) is 2.17. The predicted molar refractivity (Wildman–Crippen MR) is 67.4 cm³/mol. The highest BCUT2D eigenvalue weighted by molar-refractivity contribution is 6.31. The number of ether oxygens (including phenoxy) is 1. The normalized spacial score (nSPS) is 10.2. The van der Waals surface area contributed by atoms with Gasteiger partial charge in [-0.3, -0.25) is 0 Å². The molecule has 1 aromatic heterocycles. The lowest BCUT2D eigenvalue weighted by Gasteiger charge is -2.08. The second-order valence-corrected chi connectivity index (χ2v) is 4.12.